The van der Waals surface area contributed by atoms with Crippen LogP contribution in [-0.4, -0.2) is 60.1 Å². The van der Waals surface area contributed by atoms with E-state index in [0.717, 1.165) is 12.6 Å². The fraction of sp³-hybridized carbons (Fsp3) is 0.444. The number of morpholine rings is 1. The Kier molecular flexibility index (Phi) is 4.46. The van der Waals surface area contributed by atoms with Crippen molar-refractivity contribution >= 4 is 5.91 Å². The topological polar surface area (TPSA) is 58.8 Å². The number of hydrogen-bond acceptors (Lipinski definition) is 5. The maximum absolute atomic E-state index is 13.4. The van der Waals surface area contributed by atoms with Crippen LogP contribution in [0.15, 0.2) is 22.6 Å². The summed E-state index contributed by atoms with van der Waals surface area (Å²) in [6, 6.07) is 3.15. The van der Waals surface area contributed by atoms with Gasteiger partial charge in [-0.05, 0) is 19.2 Å². The quantitative estimate of drug-likeness (QED) is 0.815. The van der Waals surface area contributed by atoms with Gasteiger partial charge in [-0.25, -0.2) is 13.8 Å². The third-order valence-electron chi connectivity index (χ3n) is 4.69. The average Bonchev–Trinajstić information content (AvgIpc) is 3.03. The van der Waals surface area contributed by atoms with Crippen molar-refractivity contribution in [1.29, 1.82) is 0 Å². The zero-order chi connectivity index (χ0) is 18.3. The summed E-state index contributed by atoms with van der Waals surface area (Å²) in [6.07, 6.45) is 0.0352. The Labute approximate surface area is 149 Å². The third kappa shape index (κ3) is 3.34. The van der Waals surface area contributed by atoms with E-state index in [4.69, 9.17) is 9.15 Å². The number of halogens is 2. The number of likely N-dealkylation sites (N-methyl/N-ethyl adjacent to an activating group) is 1. The van der Waals surface area contributed by atoms with E-state index >= 15 is 0 Å². The van der Waals surface area contributed by atoms with Gasteiger partial charge in [0.25, 0.3) is 5.91 Å². The smallest absolute Gasteiger partial charge is 0.253 e. The Morgan fingerprint density at radius 2 is 2.00 bits per heavy atom. The lowest BCUT2D eigenvalue weighted by atomic mass is 10.1. The van der Waals surface area contributed by atoms with E-state index in [1.807, 2.05) is 7.05 Å². The van der Waals surface area contributed by atoms with Crippen molar-refractivity contribution in [3.63, 3.8) is 0 Å². The average molecular weight is 363 g/mol. The normalized spacial score (nSPS) is 20.9. The van der Waals surface area contributed by atoms with Crippen LogP contribution in [0.1, 0.15) is 11.5 Å². The van der Waals surface area contributed by atoms with E-state index < -0.39 is 17.7 Å². The van der Waals surface area contributed by atoms with Gasteiger partial charge in [-0.15, -0.1) is 0 Å². The summed E-state index contributed by atoms with van der Waals surface area (Å²) >= 11 is 0. The molecule has 1 unspecified atom stereocenters. The highest BCUT2D eigenvalue weighted by atomic mass is 19.1. The number of amides is 1. The molecule has 1 atom stereocenters. The van der Waals surface area contributed by atoms with E-state index in [0.29, 0.717) is 44.1 Å². The molecule has 4 rings (SSSR count). The van der Waals surface area contributed by atoms with E-state index in [1.165, 1.54) is 12.1 Å². The molecule has 3 heterocycles. The van der Waals surface area contributed by atoms with Gasteiger partial charge in [0.05, 0.1) is 13.2 Å². The SMILES string of the molecule is CN1CCOC(C(=O)N2CCc3oc(-c4cc(F)cc(F)c4)nc3C2)C1. The molecule has 1 fully saturated rings. The number of carbonyl (C=O) groups is 1. The van der Waals surface area contributed by atoms with Crippen molar-refractivity contribution in [1.82, 2.24) is 14.8 Å². The Hall–Kier alpha value is -2.32. The zero-order valence-electron chi connectivity index (χ0n) is 14.4. The third-order valence-corrected chi connectivity index (χ3v) is 4.69. The summed E-state index contributed by atoms with van der Waals surface area (Å²) in [5.41, 5.74) is 0.862. The summed E-state index contributed by atoms with van der Waals surface area (Å²) in [5, 5.41) is 0. The first-order valence-corrected chi connectivity index (χ1v) is 8.53. The molecular formula is C18H19F2N3O3. The molecule has 1 aromatic carbocycles. The molecule has 1 aromatic heterocycles. The highest BCUT2D eigenvalue weighted by Gasteiger charge is 2.32. The zero-order valence-corrected chi connectivity index (χ0v) is 14.4. The van der Waals surface area contributed by atoms with Crippen LogP contribution in [0.25, 0.3) is 11.5 Å². The molecule has 138 valence electrons. The molecule has 6 nitrogen and oxygen atoms in total. The lowest BCUT2D eigenvalue weighted by molar-refractivity contribution is -0.149. The van der Waals surface area contributed by atoms with Gasteiger partial charge in [0.15, 0.2) is 0 Å². The largest absolute Gasteiger partial charge is 0.441 e. The number of hydrogen-bond donors (Lipinski definition) is 0. The predicted molar refractivity (Wildman–Crippen MR) is 88.2 cm³/mol. The van der Waals surface area contributed by atoms with Crippen molar-refractivity contribution in [3.8, 4) is 11.5 Å². The Bertz CT molecular complexity index is 819. The molecule has 0 spiro atoms. The highest BCUT2D eigenvalue weighted by molar-refractivity contribution is 5.81. The molecule has 0 aliphatic carbocycles. The summed E-state index contributed by atoms with van der Waals surface area (Å²) in [7, 11) is 1.96. The van der Waals surface area contributed by atoms with Crippen molar-refractivity contribution in [3.05, 3.63) is 41.3 Å². The monoisotopic (exact) mass is 363 g/mol. The van der Waals surface area contributed by atoms with Crippen LogP contribution in [0.5, 0.6) is 0 Å². The van der Waals surface area contributed by atoms with Gasteiger partial charge in [-0.3, -0.25) is 4.79 Å². The van der Waals surface area contributed by atoms with Gasteiger partial charge >= 0.3 is 0 Å². The molecule has 2 aliphatic heterocycles. The van der Waals surface area contributed by atoms with E-state index in [1.54, 1.807) is 4.90 Å². The van der Waals surface area contributed by atoms with Crippen LogP contribution in [-0.2, 0) is 22.5 Å². The second-order valence-corrected chi connectivity index (χ2v) is 6.68. The van der Waals surface area contributed by atoms with Crippen molar-refractivity contribution in [2.24, 2.45) is 0 Å². The number of carbonyl (C=O) groups excluding carboxylic acids is 1. The minimum absolute atomic E-state index is 0.0662. The standard InChI is InChI=1S/C18H19F2N3O3/c1-22-4-5-25-16(10-22)18(24)23-3-2-15-14(9-23)21-17(26-15)11-6-12(19)8-13(20)7-11/h6-8,16H,2-5,9-10H2,1H3. The lowest BCUT2D eigenvalue weighted by Crippen LogP contribution is -2.50. The molecule has 1 saturated heterocycles. The summed E-state index contributed by atoms with van der Waals surface area (Å²) < 4.78 is 38.1. The van der Waals surface area contributed by atoms with Crippen LogP contribution >= 0.6 is 0 Å². The summed E-state index contributed by atoms with van der Waals surface area (Å²) in [6.45, 7) is 2.71. The Morgan fingerprint density at radius 1 is 1.23 bits per heavy atom. The molecule has 2 aliphatic rings. The van der Waals surface area contributed by atoms with Crippen LogP contribution in [0.2, 0.25) is 0 Å². The Balaban J connectivity index is 1.52. The second-order valence-electron chi connectivity index (χ2n) is 6.68. The van der Waals surface area contributed by atoms with Crippen molar-refractivity contribution in [2.45, 2.75) is 19.1 Å². The summed E-state index contributed by atoms with van der Waals surface area (Å²) in [5.74, 6) is -0.631. The van der Waals surface area contributed by atoms with Crippen molar-refractivity contribution < 1.29 is 22.7 Å². The number of nitrogens with zero attached hydrogens (tertiary/aromatic N) is 3. The second kappa shape index (κ2) is 6.77. The van der Waals surface area contributed by atoms with Crippen LogP contribution in [0.4, 0.5) is 8.78 Å². The van der Waals surface area contributed by atoms with Gasteiger partial charge in [0, 0.05) is 37.7 Å². The number of aromatic nitrogens is 1. The number of benzene rings is 1. The first kappa shape index (κ1) is 17.1. The van der Waals surface area contributed by atoms with E-state index in [9.17, 15) is 13.6 Å². The fourth-order valence-corrected chi connectivity index (χ4v) is 3.32. The van der Waals surface area contributed by atoms with Crippen molar-refractivity contribution in [2.75, 3.05) is 33.3 Å². The minimum atomic E-state index is -0.688. The van der Waals surface area contributed by atoms with Gasteiger partial charge < -0.3 is 19.0 Å². The molecule has 8 heteroatoms. The van der Waals surface area contributed by atoms with Gasteiger partial charge in [0.2, 0.25) is 5.89 Å². The molecule has 1 amide bonds. The first-order valence-electron chi connectivity index (χ1n) is 8.53. The maximum atomic E-state index is 13.4. The molecular weight excluding hydrogens is 344 g/mol. The molecule has 0 bridgehead atoms. The van der Waals surface area contributed by atoms with E-state index in [2.05, 4.69) is 9.88 Å². The van der Waals surface area contributed by atoms with Gasteiger partial charge in [-0.1, -0.05) is 0 Å². The van der Waals surface area contributed by atoms with Gasteiger partial charge in [-0.2, -0.15) is 0 Å². The first-order chi connectivity index (χ1) is 12.5. The number of fused-ring (bicyclic) bond motifs is 1. The van der Waals surface area contributed by atoms with E-state index in [-0.39, 0.29) is 17.4 Å². The Morgan fingerprint density at radius 3 is 2.73 bits per heavy atom. The molecule has 0 N–H and O–H groups in total. The van der Waals surface area contributed by atoms with Crippen LogP contribution < -0.4 is 0 Å². The minimum Gasteiger partial charge on any atom is -0.441 e. The number of oxazole rings is 1. The molecule has 0 saturated carbocycles. The highest BCUT2D eigenvalue weighted by Crippen LogP contribution is 2.27. The number of rotatable bonds is 2. The predicted octanol–water partition coefficient (Wildman–Crippen LogP) is 1.84. The maximum Gasteiger partial charge on any atom is 0.253 e. The van der Waals surface area contributed by atoms with Crippen LogP contribution in [0.3, 0.4) is 0 Å². The van der Waals surface area contributed by atoms with Crippen LogP contribution in [0, 0.1) is 11.6 Å². The lowest BCUT2D eigenvalue weighted by Gasteiger charge is -2.34. The molecule has 2 aromatic rings. The van der Waals surface area contributed by atoms with Gasteiger partial charge in [0.1, 0.15) is 29.2 Å². The molecule has 26 heavy (non-hydrogen) atoms. The fourth-order valence-electron chi connectivity index (χ4n) is 3.32. The molecule has 0 radical (unpaired) electrons. The summed E-state index contributed by atoms with van der Waals surface area (Å²) in [4.78, 5) is 20.8. The number of ether oxygens (including phenoxy) is 1.